The molecule has 0 spiro atoms. The summed E-state index contributed by atoms with van der Waals surface area (Å²) >= 11 is 0. The number of nitrogens with two attached hydrogens (primary N) is 1. The monoisotopic (exact) mass is 249 g/mol. The van der Waals surface area contributed by atoms with Crippen molar-refractivity contribution in [1.82, 2.24) is 4.90 Å². The van der Waals surface area contributed by atoms with Crippen LogP contribution in [-0.2, 0) is 4.79 Å². The summed E-state index contributed by atoms with van der Waals surface area (Å²) in [6.45, 7) is 1.45. The summed E-state index contributed by atoms with van der Waals surface area (Å²) in [6, 6.07) is 5.12. The minimum absolute atomic E-state index is 0.0443. The van der Waals surface area contributed by atoms with E-state index in [-0.39, 0.29) is 11.6 Å². The number of rotatable bonds is 3. The van der Waals surface area contributed by atoms with Crippen molar-refractivity contribution in [3.8, 4) is 0 Å². The Morgan fingerprint density at radius 2 is 2.06 bits per heavy atom. The molecule has 0 aliphatic carbocycles. The molecule has 1 fully saturated rings. The smallest absolute Gasteiger partial charge is 0.269 e. The van der Waals surface area contributed by atoms with Crippen LogP contribution in [0.3, 0.4) is 0 Å². The number of amides is 1. The quantitative estimate of drug-likeness (QED) is 0.644. The number of carbonyl (C=O) groups excluding carboxylic acids is 1. The lowest BCUT2D eigenvalue weighted by atomic mass is 10.1. The van der Waals surface area contributed by atoms with Gasteiger partial charge in [-0.05, 0) is 18.4 Å². The summed E-state index contributed by atoms with van der Waals surface area (Å²) in [5.74, 6) is -0.159. The molecule has 1 heterocycles. The van der Waals surface area contributed by atoms with Gasteiger partial charge in [-0.2, -0.15) is 0 Å². The number of nitrogens with zero attached hydrogens (tertiary/aromatic N) is 2. The molecule has 1 aliphatic rings. The van der Waals surface area contributed by atoms with Crippen LogP contribution < -0.4 is 5.73 Å². The Labute approximate surface area is 105 Å². The van der Waals surface area contributed by atoms with Crippen LogP contribution in [0, 0.1) is 10.1 Å². The number of nitro groups is 1. The molecule has 0 aromatic heterocycles. The molecule has 6 heteroatoms. The first-order valence-electron chi connectivity index (χ1n) is 5.88. The molecule has 1 aromatic rings. The Balaban J connectivity index is 2.17. The first kappa shape index (κ1) is 12.5. The highest BCUT2D eigenvalue weighted by Crippen LogP contribution is 2.21. The first-order chi connectivity index (χ1) is 8.59. The van der Waals surface area contributed by atoms with E-state index in [4.69, 9.17) is 5.73 Å². The summed E-state index contributed by atoms with van der Waals surface area (Å²) in [5.41, 5.74) is 6.32. The maximum absolute atomic E-state index is 12.1. The van der Waals surface area contributed by atoms with Gasteiger partial charge in [-0.25, -0.2) is 0 Å². The predicted octanol–water partition coefficient (Wildman–Crippen LogP) is 1.22. The number of carbonyl (C=O) groups is 1. The van der Waals surface area contributed by atoms with Gasteiger partial charge >= 0.3 is 0 Å². The molecule has 96 valence electrons. The zero-order valence-corrected chi connectivity index (χ0v) is 9.91. The fourth-order valence-electron chi connectivity index (χ4n) is 2.11. The minimum atomic E-state index is -0.817. The zero-order valence-electron chi connectivity index (χ0n) is 9.91. The maximum Gasteiger partial charge on any atom is 0.269 e. The Morgan fingerprint density at radius 1 is 1.39 bits per heavy atom. The molecular formula is C12H15N3O3. The Kier molecular flexibility index (Phi) is 3.57. The van der Waals surface area contributed by atoms with Crippen LogP contribution in [0.25, 0.3) is 0 Å². The fourth-order valence-corrected chi connectivity index (χ4v) is 2.11. The van der Waals surface area contributed by atoms with Crippen LogP contribution in [0.2, 0.25) is 0 Å². The number of nitro benzene ring substituents is 1. The van der Waals surface area contributed by atoms with Crippen molar-refractivity contribution in [2.45, 2.75) is 18.9 Å². The molecule has 1 aromatic carbocycles. The highest BCUT2D eigenvalue weighted by Gasteiger charge is 2.25. The van der Waals surface area contributed by atoms with E-state index in [0.29, 0.717) is 5.56 Å². The van der Waals surface area contributed by atoms with Gasteiger partial charge in [-0.1, -0.05) is 12.1 Å². The van der Waals surface area contributed by atoms with Gasteiger partial charge < -0.3 is 10.6 Å². The average molecular weight is 249 g/mol. The molecule has 0 radical (unpaired) electrons. The molecule has 1 unspecified atom stereocenters. The van der Waals surface area contributed by atoms with Gasteiger partial charge in [0.1, 0.15) is 6.04 Å². The standard InChI is InChI=1S/C12H15N3O3/c13-11(12(16)14-6-1-2-7-14)9-4-3-5-10(8-9)15(17)18/h3-5,8,11H,1-2,6-7,13H2. The van der Waals surface area contributed by atoms with Crippen molar-refractivity contribution in [2.75, 3.05) is 13.1 Å². The van der Waals surface area contributed by atoms with Gasteiger partial charge in [0, 0.05) is 25.2 Å². The number of hydrogen-bond donors (Lipinski definition) is 1. The van der Waals surface area contributed by atoms with E-state index in [1.165, 1.54) is 12.1 Å². The third-order valence-electron chi connectivity index (χ3n) is 3.12. The van der Waals surface area contributed by atoms with Gasteiger partial charge in [0.2, 0.25) is 5.91 Å². The molecule has 2 rings (SSSR count). The van der Waals surface area contributed by atoms with E-state index in [1.54, 1.807) is 17.0 Å². The molecular weight excluding hydrogens is 234 g/mol. The number of likely N-dealkylation sites (tertiary alicyclic amines) is 1. The van der Waals surface area contributed by atoms with Crippen molar-refractivity contribution < 1.29 is 9.72 Å². The van der Waals surface area contributed by atoms with Crippen molar-refractivity contribution in [2.24, 2.45) is 5.73 Å². The average Bonchev–Trinajstić information content (AvgIpc) is 2.91. The van der Waals surface area contributed by atoms with E-state index >= 15 is 0 Å². The summed E-state index contributed by atoms with van der Waals surface area (Å²) in [5, 5.41) is 10.7. The molecule has 0 bridgehead atoms. The van der Waals surface area contributed by atoms with Crippen LogP contribution in [0.5, 0.6) is 0 Å². The summed E-state index contributed by atoms with van der Waals surface area (Å²) < 4.78 is 0. The number of benzene rings is 1. The van der Waals surface area contributed by atoms with E-state index < -0.39 is 11.0 Å². The first-order valence-corrected chi connectivity index (χ1v) is 5.88. The second kappa shape index (κ2) is 5.14. The van der Waals surface area contributed by atoms with Gasteiger partial charge in [0.15, 0.2) is 0 Å². The van der Waals surface area contributed by atoms with Crippen molar-refractivity contribution in [3.05, 3.63) is 39.9 Å². The van der Waals surface area contributed by atoms with Gasteiger partial charge in [-0.3, -0.25) is 14.9 Å². The van der Waals surface area contributed by atoms with Crippen molar-refractivity contribution in [3.63, 3.8) is 0 Å². The summed E-state index contributed by atoms with van der Waals surface area (Å²) in [4.78, 5) is 24.0. The molecule has 0 saturated carbocycles. The minimum Gasteiger partial charge on any atom is -0.341 e. The van der Waals surface area contributed by atoms with E-state index in [0.717, 1.165) is 25.9 Å². The van der Waals surface area contributed by atoms with Gasteiger partial charge in [0.25, 0.3) is 5.69 Å². The summed E-state index contributed by atoms with van der Waals surface area (Å²) in [6.07, 6.45) is 1.99. The summed E-state index contributed by atoms with van der Waals surface area (Å²) in [7, 11) is 0. The van der Waals surface area contributed by atoms with Crippen molar-refractivity contribution >= 4 is 11.6 Å². The Hall–Kier alpha value is -1.95. The maximum atomic E-state index is 12.1. The SMILES string of the molecule is NC(C(=O)N1CCCC1)c1cccc([N+](=O)[O-])c1. The topological polar surface area (TPSA) is 89.5 Å². The second-order valence-electron chi connectivity index (χ2n) is 4.36. The molecule has 1 amide bonds. The fraction of sp³-hybridized carbons (Fsp3) is 0.417. The molecule has 1 saturated heterocycles. The lowest BCUT2D eigenvalue weighted by molar-refractivity contribution is -0.384. The highest BCUT2D eigenvalue weighted by atomic mass is 16.6. The second-order valence-corrected chi connectivity index (χ2v) is 4.36. The number of non-ortho nitro benzene ring substituents is 1. The third-order valence-corrected chi connectivity index (χ3v) is 3.12. The van der Waals surface area contributed by atoms with Crippen LogP contribution in [0.4, 0.5) is 5.69 Å². The molecule has 2 N–H and O–H groups in total. The lowest BCUT2D eigenvalue weighted by Crippen LogP contribution is -2.36. The van der Waals surface area contributed by atoms with E-state index in [1.807, 2.05) is 0 Å². The highest BCUT2D eigenvalue weighted by molar-refractivity contribution is 5.83. The molecule has 1 aliphatic heterocycles. The normalized spacial score (nSPS) is 16.6. The predicted molar refractivity (Wildman–Crippen MR) is 65.8 cm³/mol. The zero-order chi connectivity index (χ0) is 13.1. The Morgan fingerprint density at radius 3 is 2.67 bits per heavy atom. The van der Waals surface area contributed by atoms with Crippen LogP contribution in [-0.4, -0.2) is 28.8 Å². The van der Waals surface area contributed by atoms with Crippen molar-refractivity contribution in [1.29, 1.82) is 0 Å². The van der Waals surface area contributed by atoms with Crippen LogP contribution in [0.15, 0.2) is 24.3 Å². The van der Waals surface area contributed by atoms with Crippen LogP contribution >= 0.6 is 0 Å². The number of hydrogen-bond acceptors (Lipinski definition) is 4. The largest absolute Gasteiger partial charge is 0.341 e. The van der Waals surface area contributed by atoms with Gasteiger partial charge in [0.05, 0.1) is 4.92 Å². The molecule has 6 nitrogen and oxygen atoms in total. The molecule has 1 atom stereocenters. The van der Waals surface area contributed by atoms with Crippen LogP contribution in [0.1, 0.15) is 24.4 Å². The third kappa shape index (κ3) is 2.48. The molecule has 18 heavy (non-hydrogen) atoms. The Bertz CT molecular complexity index is 469. The van der Waals surface area contributed by atoms with E-state index in [9.17, 15) is 14.9 Å². The lowest BCUT2D eigenvalue weighted by Gasteiger charge is -2.20. The van der Waals surface area contributed by atoms with E-state index in [2.05, 4.69) is 0 Å². The van der Waals surface area contributed by atoms with Gasteiger partial charge in [-0.15, -0.1) is 0 Å².